The monoisotopic (exact) mass is 450 g/mol. The summed E-state index contributed by atoms with van der Waals surface area (Å²) in [5, 5.41) is 15.5. The van der Waals surface area contributed by atoms with Crippen LogP contribution in [0.4, 0.5) is 13.2 Å². The van der Waals surface area contributed by atoms with Crippen molar-refractivity contribution in [2.24, 2.45) is 5.41 Å². The van der Waals surface area contributed by atoms with Gasteiger partial charge in [-0.15, -0.1) is 5.10 Å². The average molecular weight is 450 g/mol. The van der Waals surface area contributed by atoms with Gasteiger partial charge in [0.25, 0.3) is 0 Å². The van der Waals surface area contributed by atoms with Crippen LogP contribution < -0.4 is 9.47 Å². The smallest absolute Gasteiger partial charge is 0.392 e. The Labute approximate surface area is 181 Å². The summed E-state index contributed by atoms with van der Waals surface area (Å²) in [6, 6.07) is 10.5. The standard InChI is InChI=1S/C21H21F3N4O4/c1-20(2,18(29)30)12-32-16-8-7-15(11-25-16)13-3-5-14(6-4-13)17-26-19(28-27-17)31-10-9-21(22,23)24/h3-8,11H,9-10,12H2,1-2H3,(H,29,30)(H,26,27,28). The number of hydrogen-bond acceptors (Lipinski definition) is 6. The molecule has 0 aliphatic carbocycles. The molecule has 0 spiro atoms. The van der Waals surface area contributed by atoms with E-state index < -0.39 is 30.6 Å². The SMILES string of the molecule is CC(C)(COc1ccc(-c2ccc(-c3nc(OCCC(F)(F)F)n[nH]3)cc2)cn1)C(=O)O. The van der Waals surface area contributed by atoms with Gasteiger partial charge in [0.1, 0.15) is 13.2 Å². The number of carbonyl (C=O) groups is 1. The number of alkyl halides is 3. The first-order valence-electron chi connectivity index (χ1n) is 9.58. The largest absolute Gasteiger partial charge is 0.481 e. The molecule has 0 saturated carbocycles. The third-order valence-electron chi connectivity index (χ3n) is 4.47. The Bertz CT molecular complexity index is 1050. The lowest BCUT2D eigenvalue weighted by Crippen LogP contribution is -2.30. The molecular weight excluding hydrogens is 429 g/mol. The molecule has 170 valence electrons. The maximum Gasteiger partial charge on any atom is 0.392 e. The predicted molar refractivity (Wildman–Crippen MR) is 108 cm³/mol. The number of hydrogen-bond donors (Lipinski definition) is 2. The number of pyridine rings is 1. The fourth-order valence-electron chi connectivity index (χ4n) is 2.47. The van der Waals surface area contributed by atoms with Crippen molar-refractivity contribution in [3.63, 3.8) is 0 Å². The second-order valence-electron chi connectivity index (χ2n) is 7.62. The van der Waals surface area contributed by atoms with Crippen molar-refractivity contribution in [3.8, 4) is 34.4 Å². The number of halogens is 3. The highest BCUT2D eigenvalue weighted by Crippen LogP contribution is 2.25. The van der Waals surface area contributed by atoms with Gasteiger partial charge >= 0.3 is 18.2 Å². The zero-order valence-corrected chi connectivity index (χ0v) is 17.3. The van der Waals surface area contributed by atoms with Gasteiger partial charge in [0.15, 0.2) is 5.82 Å². The van der Waals surface area contributed by atoms with Gasteiger partial charge in [-0.05, 0) is 25.5 Å². The van der Waals surface area contributed by atoms with E-state index in [1.165, 1.54) is 0 Å². The lowest BCUT2D eigenvalue weighted by atomic mass is 9.95. The van der Waals surface area contributed by atoms with Gasteiger partial charge in [-0.1, -0.05) is 24.3 Å². The number of nitrogens with one attached hydrogen (secondary N) is 1. The summed E-state index contributed by atoms with van der Waals surface area (Å²) in [6.07, 6.45) is -3.77. The van der Waals surface area contributed by atoms with E-state index in [2.05, 4.69) is 20.2 Å². The van der Waals surface area contributed by atoms with Crippen LogP contribution in [0.25, 0.3) is 22.5 Å². The summed E-state index contributed by atoms with van der Waals surface area (Å²) in [4.78, 5) is 19.4. The summed E-state index contributed by atoms with van der Waals surface area (Å²) < 4.78 is 46.9. The molecule has 0 saturated heterocycles. The minimum absolute atomic E-state index is 0.0114. The number of benzene rings is 1. The van der Waals surface area contributed by atoms with E-state index in [0.29, 0.717) is 17.3 Å². The van der Waals surface area contributed by atoms with Gasteiger partial charge in [0.05, 0.1) is 11.8 Å². The zero-order chi connectivity index (χ0) is 23.4. The maximum atomic E-state index is 12.2. The van der Waals surface area contributed by atoms with Gasteiger partial charge in [-0.3, -0.25) is 9.89 Å². The predicted octanol–water partition coefficient (Wildman–Crippen LogP) is 4.35. The highest BCUT2D eigenvalue weighted by atomic mass is 19.4. The van der Waals surface area contributed by atoms with Crippen molar-refractivity contribution in [2.75, 3.05) is 13.2 Å². The summed E-state index contributed by atoms with van der Waals surface area (Å²) in [7, 11) is 0. The van der Waals surface area contributed by atoms with E-state index in [9.17, 15) is 18.0 Å². The van der Waals surface area contributed by atoms with Crippen LogP contribution in [0.1, 0.15) is 20.3 Å². The molecule has 0 radical (unpaired) electrons. The highest BCUT2D eigenvalue weighted by Gasteiger charge is 2.28. The number of ether oxygens (including phenoxy) is 2. The normalized spacial score (nSPS) is 11.9. The van der Waals surface area contributed by atoms with Crippen molar-refractivity contribution in [1.82, 2.24) is 20.2 Å². The van der Waals surface area contributed by atoms with Gasteiger partial charge in [-0.25, -0.2) is 4.98 Å². The fourth-order valence-corrected chi connectivity index (χ4v) is 2.47. The minimum atomic E-state index is -4.30. The molecule has 11 heteroatoms. The number of nitrogens with zero attached hydrogens (tertiary/aromatic N) is 3. The number of H-pyrrole nitrogens is 1. The zero-order valence-electron chi connectivity index (χ0n) is 17.3. The molecule has 0 atom stereocenters. The Kier molecular flexibility index (Phi) is 6.66. The second-order valence-corrected chi connectivity index (χ2v) is 7.62. The van der Waals surface area contributed by atoms with Crippen molar-refractivity contribution in [3.05, 3.63) is 42.6 Å². The van der Waals surface area contributed by atoms with Crippen molar-refractivity contribution < 1.29 is 32.5 Å². The highest BCUT2D eigenvalue weighted by molar-refractivity contribution is 5.73. The molecule has 0 aliphatic heterocycles. The molecule has 2 aromatic heterocycles. The molecular formula is C21H21F3N4O4. The molecule has 3 rings (SSSR count). The first-order chi connectivity index (χ1) is 15.0. The van der Waals surface area contributed by atoms with Crippen LogP contribution in [0.5, 0.6) is 11.9 Å². The number of rotatable bonds is 9. The first kappa shape index (κ1) is 23.0. The Morgan fingerprint density at radius 2 is 1.69 bits per heavy atom. The molecule has 2 heterocycles. The molecule has 0 unspecified atom stereocenters. The summed E-state index contributed by atoms with van der Waals surface area (Å²) >= 11 is 0. The van der Waals surface area contributed by atoms with Gasteiger partial charge < -0.3 is 14.6 Å². The summed E-state index contributed by atoms with van der Waals surface area (Å²) in [5.74, 6) is -0.276. The van der Waals surface area contributed by atoms with Crippen LogP contribution in [0.15, 0.2) is 42.6 Å². The molecule has 32 heavy (non-hydrogen) atoms. The van der Waals surface area contributed by atoms with Crippen LogP contribution in [0.3, 0.4) is 0 Å². The fraction of sp³-hybridized carbons (Fsp3) is 0.333. The number of carboxylic acids is 1. The summed E-state index contributed by atoms with van der Waals surface area (Å²) in [6.45, 7) is 2.57. The number of aromatic amines is 1. The Morgan fingerprint density at radius 3 is 2.28 bits per heavy atom. The van der Waals surface area contributed by atoms with Gasteiger partial charge in [0.2, 0.25) is 5.88 Å². The molecule has 0 fully saturated rings. The molecule has 0 bridgehead atoms. The summed E-state index contributed by atoms with van der Waals surface area (Å²) in [5.41, 5.74) is 1.32. The number of aliphatic carboxylic acids is 1. The van der Waals surface area contributed by atoms with Crippen LogP contribution in [-0.4, -0.2) is 50.6 Å². The van der Waals surface area contributed by atoms with E-state index >= 15 is 0 Å². The Hall–Kier alpha value is -3.63. The Morgan fingerprint density at radius 1 is 1.03 bits per heavy atom. The lowest BCUT2D eigenvalue weighted by molar-refractivity contribution is -0.148. The molecule has 0 aliphatic rings. The van der Waals surface area contributed by atoms with Crippen LogP contribution in [0.2, 0.25) is 0 Å². The Balaban J connectivity index is 1.60. The van der Waals surface area contributed by atoms with Crippen LogP contribution in [-0.2, 0) is 4.79 Å². The van der Waals surface area contributed by atoms with Gasteiger partial charge in [0, 0.05) is 23.4 Å². The quantitative estimate of drug-likeness (QED) is 0.499. The van der Waals surface area contributed by atoms with Crippen molar-refractivity contribution in [2.45, 2.75) is 26.4 Å². The van der Waals surface area contributed by atoms with Crippen LogP contribution >= 0.6 is 0 Å². The molecule has 8 nitrogen and oxygen atoms in total. The molecule has 3 aromatic rings. The lowest BCUT2D eigenvalue weighted by Gasteiger charge is -2.18. The van der Waals surface area contributed by atoms with Crippen molar-refractivity contribution >= 4 is 5.97 Å². The third-order valence-corrected chi connectivity index (χ3v) is 4.47. The third kappa shape index (κ3) is 6.19. The second kappa shape index (κ2) is 9.25. The number of aromatic nitrogens is 4. The van der Waals surface area contributed by atoms with E-state index in [1.807, 2.05) is 12.1 Å². The molecule has 1 aromatic carbocycles. The molecule has 0 amide bonds. The minimum Gasteiger partial charge on any atom is -0.481 e. The first-order valence-corrected chi connectivity index (χ1v) is 9.58. The van der Waals surface area contributed by atoms with Crippen molar-refractivity contribution in [1.29, 1.82) is 0 Å². The van der Waals surface area contributed by atoms with E-state index in [-0.39, 0.29) is 12.6 Å². The number of carboxylic acid groups (broad SMARTS) is 1. The van der Waals surface area contributed by atoms with E-state index in [0.717, 1.165) is 11.1 Å². The van der Waals surface area contributed by atoms with E-state index in [1.54, 1.807) is 44.3 Å². The molecule has 2 N–H and O–H groups in total. The van der Waals surface area contributed by atoms with E-state index in [4.69, 9.17) is 14.6 Å². The average Bonchev–Trinajstić information content (AvgIpc) is 3.21. The van der Waals surface area contributed by atoms with Gasteiger partial charge in [-0.2, -0.15) is 18.2 Å². The maximum absolute atomic E-state index is 12.2. The topological polar surface area (TPSA) is 110 Å². The van der Waals surface area contributed by atoms with Crippen LogP contribution in [0, 0.1) is 5.41 Å².